The maximum Gasteiger partial charge on any atom is 0.287 e. The predicted octanol–water partition coefficient (Wildman–Crippen LogP) is 4.43. The van der Waals surface area contributed by atoms with Gasteiger partial charge in [-0.25, -0.2) is 0 Å². The van der Waals surface area contributed by atoms with E-state index < -0.39 is 23.1 Å². The van der Waals surface area contributed by atoms with E-state index in [2.05, 4.69) is 36.1 Å². The van der Waals surface area contributed by atoms with Crippen molar-refractivity contribution >= 4 is 23.2 Å². The van der Waals surface area contributed by atoms with Crippen LogP contribution in [0.25, 0.3) is 0 Å². The summed E-state index contributed by atoms with van der Waals surface area (Å²) in [6.07, 6.45) is 4.32. The van der Waals surface area contributed by atoms with Gasteiger partial charge in [0.05, 0.1) is 12.1 Å². The van der Waals surface area contributed by atoms with Crippen molar-refractivity contribution in [2.24, 2.45) is 14.1 Å². The topological polar surface area (TPSA) is 62.5 Å². The highest BCUT2D eigenvalue weighted by atomic mass is 35.5. The molecule has 36 heavy (non-hydrogen) atoms. The first-order chi connectivity index (χ1) is 16.8. The number of carbonyl (C=O) groups excluding carboxylic acids is 1. The molecule has 1 amide bonds. The number of halogens is 3. The SMILES string of the molecule is CCN(c1cc(Cl)cc(C(=O)NCc2c(C(C)(F)F)n(C)n(C)c2=O)c1C)[C@H]1CC[C@H](N(C)C)CC1. The number of nitrogens with one attached hydrogen (secondary N) is 1. The fraction of sp³-hybridized carbons (Fsp3) is 0.615. The number of alkyl halides is 2. The Hall–Kier alpha value is -2.39. The van der Waals surface area contributed by atoms with Gasteiger partial charge in [-0.1, -0.05) is 11.6 Å². The van der Waals surface area contributed by atoms with Crippen molar-refractivity contribution in [1.29, 1.82) is 0 Å². The van der Waals surface area contributed by atoms with Crippen molar-refractivity contribution in [3.63, 3.8) is 0 Å². The lowest BCUT2D eigenvalue weighted by Crippen LogP contribution is -2.42. The first-order valence-corrected chi connectivity index (χ1v) is 12.8. The Bertz CT molecular complexity index is 1160. The van der Waals surface area contributed by atoms with E-state index in [4.69, 9.17) is 11.6 Å². The second-order valence-electron chi connectivity index (χ2n) is 10.1. The number of amides is 1. The van der Waals surface area contributed by atoms with Gasteiger partial charge in [-0.2, -0.15) is 8.78 Å². The fourth-order valence-corrected chi connectivity index (χ4v) is 5.67. The number of hydrogen-bond acceptors (Lipinski definition) is 4. The van der Waals surface area contributed by atoms with E-state index >= 15 is 0 Å². The van der Waals surface area contributed by atoms with Crippen LogP contribution in [0.5, 0.6) is 0 Å². The Morgan fingerprint density at radius 2 is 1.72 bits per heavy atom. The van der Waals surface area contributed by atoms with E-state index in [0.29, 0.717) is 22.7 Å². The minimum Gasteiger partial charge on any atom is -0.369 e. The van der Waals surface area contributed by atoms with E-state index in [0.717, 1.165) is 59.8 Å². The molecule has 0 unspecified atom stereocenters. The molecule has 2 aromatic rings. The van der Waals surface area contributed by atoms with Gasteiger partial charge < -0.3 is 15.1 Å². The fourth-order valence-electron chi connectivity index (χ4n) is 5.46. The van der Waals surface area contributed by atoms with Crippen LogP contribution in [0.3, 0.4) is 0 Å². The number of rotatable bonds is 8. The number of anilines is 1. The zero-order valence-electron chi connectivity index (χ0n) is 22.3. The maximum atomic E-state index is 14.2. The van der Waals surface area contributed by atoms with E-state index in [1.54, 1.807) is 6.07 Å². The van der Waals surface area contributed by atoms with E-state index in [1.807, 2.05) is 13.0 Å². The van der Waals surface area contributed by atoms with E-state index in [9.17, 15) is 18.4 Å². The summed E-state index contributed by atoms with van der Waals surface area (Å²) in [5, 5.41) is 3.11. The Labute approximate surface area is 217 Å². The van der Waals surface area contributed by atoms with Gasteiger partial charge in [0, 0.05) is 55.9 Å². The highest BCUT2D eigenvalue weighted by Gasteiger charge is 2.34. The standard InChI is InChI=1S/C26H38ClF2N5O2/c1-8-34(19-11-9-18(10-12-19)31(4)5)22-14-17(27)13-20(16(22)2)24(35)30-15-21-23(26(3,28)29)32(6)33(7)25(21)36/h13-14,18-19H,8-12,15H2,1-7H3,(H,30,35)/t18-,19-. The normalized spacial score (nSPS) is 18.5. The molecule has 0 aliphatic heterocycles. The number of benzene rings is 1. The highest BCUT2D eigenvalue weighted by Crippen LogP contribution is 2.34. The average Bonchev–Trinajstić information content (AvgIpc) is 3.03. The summed E-state index contributed by atoms with van der Waals surface area (Å²) in [4.78, 5) is 30.4. The molecule has 1 heterocycles. The van der Waals surface area contributed by atoms with Crippen molar-refractivity contribution in [2.75, 3.05) is 25.5 Å². The second-order valence-corrected chi connectivity index (χ2v) is 10.5. The summed E-state index contributed by atoms with van der Waals surface area (Å²) >= 11 is 6.45. The molecule has 7 nitrogen and oxygen atoms in total. The lowest BCUT2D eigenvalue weighted by atomic mass is 9.89. The van der Waals surface area contributed by atoms with Crippen LogP contribution in [0.15, 0.2) is 16.9 Å². The average molecular weight is 526 g/mol. The quantitative estimate of drug-likeness (QED) is 0.554. The summed E-state index contributed by atoms with van der Waals surface area (Å²) in [5.74, 6) is -3.69. The molecule has 0 spiro atoms. The molecule has 3 rings (SSSR count). The molecule has 1 N–H and O–H groups in total. The zero-order chi connectivity index (χ0) is 26.9. The molecule has 0 radical (unpaired) electrons. The predicted molar refractivity (Wildman–Crippen MR) is 140 cm³/mol. The van der Waals surface area contributed by atoms with Crippen LogP contribution in [-0.2, 0) is 26.6 Å². The molecular weight excluding hydrogens is 488 g/mol. The van der Waals surface area contributed by atoms with Crippen molar-refractivity contribution in [1.82, 2.24) is 19.6 Å². The van der Waals surface area contributed by atoms with Crippen molar-refractivity contribution in [2.45, 2.75) is 71.0 Å². The van der Waals surface area contributed by atoms with Crippen LogP contribution in [-0.4, -0.2) is 52.9 Å². The number of hydrogen-bond donors (Lipinski definition) is 1. The lowest BCUT2D eigenvalue weighted by molar-refractivity contribution is 0.00683. The van der Waals surface area contributed by atoms with Gasteiger partial charge in [-0.15, -0.1) is 0 Å². The van der Waals surface area contributed by atoms with Crippen LogP contribution in [0.1, 0.15) is 66.7 Å². The largest absolute Gasteiger partial charge is 0.369 e. The monoisotopic (exact) mass is 525 g/mol. The number of aromatic nitrogens is 2. The lowest BCUT2D eigenvalue weighted by Gasteiger charge is -2.40. The van der Waals surface area contributed by atoms with Crippen LogP contribution in [0.4, 0.5) is 14.5 Å². The summed E-state index contributed by atoms with van der Waals surface area (Å²) in [6.45, 7) is 5.18. The Morgan fingerprint density at radius 3 is 2.25 bits per heavy atom. The second kappa shape index (κ2) is 10.9. The Kier molecular flexibility index (Phi) is 8.55. The molecule has 1 fully saturated rings. The summed E-state index contributed by atoms with van der Waals surface area (Å²) in [5.41, 5.74) is 0.937. The van der Waals surface area contributed by atoms with Gasteiger partial charge in [0.25, 0.3) is 17.4 Å². The third-order valence-corrected chi connectivity index (χ3v) is 7.75. The van der Waals surface area contributed by atoms with Crippen LogP contribution in [0, 0.1) is 6.92 Å². The molecule has 1 aromatic carbocycles. The Balaban J connectivity index is 1.86. The molecule has 200 valence electrons. The Morgan fingerprint density at radius 1 is 1.14 bits per heavy atom. The molecule has 10 heteroatoms. The third-order valence-electron chi connectivity index (χ3n) is 7.53. The number of nitrogens with zero attached hydrogens (tertiary/aromatic N) is 4. The first-order valence-electron chi connectivity index (χ1n) is 12.4. The molecule has 0 saturated heterocycles. The summed E-state index contributed by atoms with van der Waals surface area (Å²) in [7, 11) is 7.05. The van der Waals surface area contributed by atoms with E-state index in [1.165, 1.54) is 14.1 Å². The van der Waals surface area contributed by atoms with Crippen molar-refractivity contribution < 1.29 is 13.6 Å². The molecule has 1 aromatic heterocycles. The maximum absolute atomic E-state index is 14.2. The molecule has 1 aliphatic carbocycles. The van der Waals surface area contributed by atoms with E-state index in [-0.39, 0.29) is 12.1 Å². The van der Waals surface area contributed by atoms with Gasteiger partial charge >= 0.3 is 0 Å². The van der Waals surface area contributed by atoms with Gasteiger partial charge in [-0.3, -0.25) is 19.0 Å². The molecule has 0 bridgehead atoms. The molecule has 1 aliphatic rings. The van der Waals surface area contributed by atoms with Gasteiger partial charge in [0.2, 0.25) is 0 Å². The number of carbonyl (C=O) groups is 1. The minimum atomic E-state index is -3.23. The summed E-state index contributed by atoms with van der Waals surface area (Å²) < 4.78 is 30.7. The minimum absolute atomic E-state index is 0.131. The zero-order valence-corrected chi connectivity index (χ0v) is 23.0. The third kappa shape index (κ3) is 5.62. The van der Waals surface area contributed by atoms with Gasteiger partial charge in [-0.05, 0) is 71.3 Å². The smallest absolute Gasteiger partial charge is 0.287 e. The highest BCUT2D eigenvalue weighted by molar-refractivity contribution is 6.31. The van der Waals surface area contributed by atoms with Crippen molar-refractivity contribution in [3.05, 3.63) is 49.9 Å². The van der Waals surface area contributed by atoms with Crippen LogP contribution in [0.2, 0.25) is 5.02 Å². The molecule has 0 atom stereocenters. The first kappa shape index (κ1) is 28.2. The van der Waals surface area contributed by atoms with Gasteiger partial charge in [0.15, 0.2) is 0 Å². The van der Waals surface area contributed by atoms with Crippen LogP contribution >= 0.6 is 11.6 Å². The summed E-state index contributed by atoms with van der Waals surface area (Å²) in [6, 6.07) is 4.40. The van der Waals surface area contributed by atoms with Crippen LogP contribution < -0.4 is 15.8 Å². The van der Waals surface area contributed by atoms with Gasteiger partial charge in [0.1, 0.15) is 5.69 Å². The molecule has 1 saturated carbocycles. The molecular formula is C26H38ClF2N5O2. The van der Waals surface area contributed by atoms with Crippen molar-refractivity contribution in [3.8, 4) is 0 Å².